The summed E-state index contributed by atoms with van der Waals surface area (Å²) in [5.41, 5.74) is 16.6. The number of hydrogen-bond acceptors (Lipinski definition) is 2. The molecule has 0 unspecified atom stereocenters. The molecule has 0 spiro atoms. The lowest BCUT2D eigenvalue weighted by atomic mass is 10.0. The summed E-state index contributed by atoms with van der Waals surface area (Å²) in [5.74, 6) is 0.863. The molecule has 12 aromatic rings. The number of imidazole rings is 2. The molecule has 0 radical (unpaired) electrons. The van der Waals surface area contributed by atoms with Gasteiger partial charge in [0.15, 0.2) is 0 Å². The third-order valence-electron chi connectivity index (χ3n) is 11.9. The zero-order valence-electron chi connectivity index (χ0n) is 32.6. The Morgan fingerprint density at radius 3 is 1.35 bits per heavy atom. The zero-order valence-corrected chi connectivity index (χ0v) is 32.6. The van der Waals surface area contributed by atoms with Crippen molar-refractivity contribution in [2.45, 2.75) is 0 Å². The first-order valence-corrected chi connectivity index (χ1v) is 20.4. The molecule has 0 fully saturated rings. The van der Waals surface area contributed by atoms with Crippen molar-refractivity contribution >= 4 is 66.7 Å². The Labute approximate surface area is 346 Å². The highest BCUT2D eigenvalue weighted by molar-refractivity contribution is 6.09. The Bertz CT molecular complexity index is 3390. The number of rotatable bonds is 7. The Morgan fingerprint density at radius 2 is 0.767 bits per heavy atom. The second-order valence-corrected chi connectivity index (χ2v) is 15.3. The van der Waals surface area contributed by atoms with Crippen LogP contribution in [-0.2, 0) is 0 Å². The second kappa shape index (κ2) is 13.8. The Morgan fingerprint density at radius 1 is 0.317 bits per heavy atom. The van der Waals surface area contributed by atoms with Crippen LogP contribution in [0.25, 0.3) is 83.3 Å². The van der Waals surface area contributed by atoms with E-state index in [2.05, 4.69) is 243 Å². The maximum absolute atomic E-state index is 5.35. The predicted octanol–water partition coefficient (Wildman–Crippen LogP) is 14.3. The first-order valence-electron chi connectivity index (χ1n) is 20.4. The molecular weight excluding hydrogens is 731 g/mol. The van der Waals surface area contributed by atoms with Gasteiger partial charge in [0, 0.05) is 27.8 Å². The standard InChI is InChI=1S/C55H37N5/c1-3-15-38(16-4-1)40-27-31-42(32-28-40)57(43-33-29-41(30-34-43)39-17-5-2-6-18-39)44-35-36-53-54(37-44)59-50-24-12-9-21-47(50)56-55(59)60(53)52-26-14-13-25-51(52)58-48-22-10-7-19-45(48)46-20-8-11-23-49(46)58/h1-37H. The summed E-state index contributed by atoms with van der Waals surface area (Å²) >= 11 is 0. The van der Waals surface area contributed by atoms with Gasteiger partial charge in [-0.15, -0.1) is 0 Å². The largest absolute Gasteiger partial charge is 0.310 e. The van der Waals surface area contributed by atoms with E-state index in [1.54, 1.807) is 0 Å². The maximum atomic E-state index is 5.35. The molecule has 12 rings (SSSR count). The first-order chi connectivity index (χ1) is 29.8. The average Bonchev–Trinajstić information content (AvgIpc) is 3.97. The Kier molecular flexibility index (Phi) is 7.78. The lowest BCUT2D eigenvalue weighted by molar-refractivity contribution is 1.06. The Hall–Kier alpha value is -8.15. The fourth-order valence-electron chi connectivity index (χ4n) is 9.10. The van der Waals surface area contributed by atoms with Crippen LogP contribution >= 0.6 is 0 Å². The summed E-state index contributed by atoms with van der Waals surface area (Å²) in [4.78, 5) is 7.71. The summed E-state index contributed by atoms with van der Waals surface area (Å²) in [5, 5.41) is 2.46. The van der Waals surface area contributed by atoms with Crippen LogP contribution in [-0.4, -0.2) is 18.5 Å². The molecule has 9 aromatic carbocycles. The van der Waals surface area contributed by atoms with Crippen molar-refractivity contribution in [3.8, 4) is 33.6 Å². The predicted molar refractivity (Wildman–Crippen MR) is 249 cm³/mol. The number of fused-ring (bicyclic) bond motifs is 8. The summed E-state index contributed by atoms with van der Waals surface area (Å²) in [6, 6.07) is 80.3. The van der Waals surface area contributed by atoms with Gasteiger partial charge in [-0.2, -0.15) is 0 Å². The molecular formula is C55H37N5. The number of aromatic nitrogens is 4. The van der Waals surface area contributed by atoms with Crippen LogP contribution in [0.3, 0.4) is 0 Å². The van der Waals surface area contributed by atoms with E-state index in [1.165, 1.54) is 44.1 Å². The van der Waals surface area contributed by atoms with Gasteiger partial charge in [-0.3, -0.25) is 8.97 Å². The lowest BCUT2D eigenvalue weighted by Gasteiger charge is -2.26. The van der Waals surface area contributed by atoms with E-state index >= 15 is 0 Å². The molecule has 0 N–H and O–H groups in total. The highest BCUT2D eigenvalue weighted by Crippen LogP contribution is 2.41. The molecule has 60 heavy (non-hydrogen) atoms. The van der Waals surface area contributed by atoms with E-state index in [-0.39, 0.29) is 0 Å². The van der Waals surface area contributed by atoms with E-state index < -0.39 is 0 Å². The topological polar surface area (TPSA) is 30.4 Å². The molecule has 3 aromatic heterocycles. The molecule has 5 heteroatoms. The van der Waals surface area contributed by atoms with Crippen molar-refractivity contribution in [3.05, 3.63) is 224 Å². The molecule has 0 saturated carbocycles. The van der Waals surface area contributed by atoms with E-state index in [9.17, 15) is 0 Å². The SMILES string of the molecule is c1ccc(-c2ccc(N(c3ccc(-c4ccccc4)cc3)c3ccc4c(c3)n3c5ccccc5nc3n4-c3ccccc3-n3c4ccccc4c4ccccc43)cc2)cc1. The first kappa shape index (κ1) is 33.9. The van der Waals surface area contributed by atoms with Gasteiger partial charge in [-0.25, -0.2) is 4.98 Å². The minimum Gasteiger partial charge on any atom is -0.310 e. The lowest BCUT2D eigenvalue weighted by Crippen LogP contribution is -2.10. The molecule has 0 bridgehead atoms. The highest BCUT2D eigenvalue weighted by atomic mass is 15.2. The monoisotopic (exact) mass is 767 g/mol. The molecule has 282 valence electrons. The summed E-state index contributed by atoms with van der Waals surface area (Å²) < 4.78 is 7.07. The Balaban J connectivity index is 1.09. The normalized spacial score (nSPS) is 11.7. The van der Waals surface area contributed by atoms with Crippen LogP contribution in [0.4, 0.5) is 17.1 Å². The highest BCUT2D eigenvalue weighted by Gasteiger charge is 2.23. The molecule has 5 nitrogen and oxygen atoms in total. The fraction of sp³-hybridized carbons (Fsp3) is 0. The van der Waals surface area contributed by atoms with Crippen molar-refractivity contribution in [2.24, 2.45) is 0 Å². The van der Waals surface area contributed by atoms with Crippen LogP contribution in [0.15, 0.2) is 224 Å². The molecule has 0 saturated heterocycles. The third kappa shape index (κ3) is 5.37. The molecule has 0 aliphatic heterocycles. The van der Waals surface area contributed by atoms with E-state index in [4.69, 9.17) is 4.98 Å². The summed E-state index contributed by atoms with van der Waals surface area (Å²) in [6.45, 7) is 0. The van der Waals surface area contributed by atoms with Gasteiger partial charge >= 0.3 is 0 Å². The minimum absolute atomic E-state index is 0.863. The van der Waals surface area contributed by atoms with Gasteiger partial charge in [0.2, 0.25) is 5.78 Å². The van der Waals surface area contributed by atoms with Crippen molar-refractivity contribution in [2.75, 3.05) is 4.90 Å². The molecule has 0 aliphatic carbocycles. The van der Waals surface area contributed by atoms with Crippen molar-refractivity contribution in [1.82, 2.24) is 18.5 Å². The van der Waals surface area contributed by atoms with Crippen molar-refractivity contribution < 1.29 is 0 Å². The molecule has 0 amide bonds. The minimum atomic E-state index is 0.863. The van der Waals surface area contributed by atoms with E-state index in [0.717, 1.165) is 56.3 Å². The van der Waals surface area contributed by atoms with Gasteiger partial charge in [-0.05, 0) is 101 Å². The zero-order chi connectivity index (χ0) is 39.6. The van der Waals surface area contributed by atoms with Gasteiger partial charge in [0.25, 0.3) is 0 Å². The van der Waals surface area contributed by atoms with Gasteiger partial charge in [0.05, 0.1) is 44.5 Å². The van der Waals surface area contributed by atoms with Crippen LogP contribution in [0.2, 0.25) is 0 Å². The quantitative estimate of drug-likeness (QED) is 0.162. The number of nitrogens with zero attached hydrogens (tertiary/aromatic N) is 5. The van der Waals surface area contributed by atoms with E-state index in [0.29, 0.717) is 0 Å². The van der Waals surface area contributed by atoms with Crippen LogP contribution < -0.4 is 4.90 Å². The van der Waals surface area contributed by atoms with E-state index in [1.807, 2.05) is 0 Å². The van der Waals surface area contributed by atoms with Crippen LogP contribution in [0.5, 0.6) is 0 Å². The van der Waals surface area contributed by atoms with Crippen molar-refractivity contribution in [3.63, 3.8) is 0 Å². The van der Waals surface area contributed by atoms with Crippen LogP contribution in [0.1, 0.15) is 0 Å². The molecule has 0 aliphatic rings. The summed E-state index contributed by atoms with van der Waals surface area (Å²) in [6.07, 6.45) is 0. The van der Waals surface area contributed by atoms with Crippen LogP contribution in [0, 0.1) is 0 Å². The average molecular weight is 768 g/mol. The molecule has 3 heterocycles. The summed E-state index contributed by atoms with van der Waals surface area (Å²) in [7, 11) is 0. The second-order valence-electron chi connectivity index (χ2n) is 15.3. The number of para-hydroxylation sites is 6. The van der Waals surface area contributed by atoms with Gasteiger partial charge in [-0.1, -0.05) is 146 Å². The number of benzene rings is 9. The number of anilines is 3. The van der Waals surface area contributed by atoms with Gasteiger partial charge < -0.3 is 9.47 Å². The smallest absolute Gasteiger partial charge is 0.220 e. The fourth-order valence-corrected chi connectivity index (χ4v) is 9.10. The third-order valence-corrected chi connectivity index (χ3v) is 11.9. The van der Waals surface area contributed by atoms with Gasteiger partial charge in [0.1, 0.15) is 0 Å². The number of hydrogen-bond donors (Lipinski definition) is 0. The van der Waals surface area contributed by atoms with Crippen molar-refractivity contribution in [1.29, 1.82) is 0 Å². The molecule has 0 atom stereocenters. The maximum Gasteiger partial charge on any atom is 0.220 e.